The van der Waals surface area contributed by atoms with Gasteiger partial charge in [-0.2, -0.15) is 13.2 Å². The van der Waals surface area contributed by atoms with Gasteiger partial charge < -0.3 is 10.3 Å². The third kappa shape index (κ3) is 3.47. The van der Waals surface area contributed by atoms with Crippen LogP contribution >= 0.6 is 0 Å². The maximum absolute atomic E-state index is 12.9. The van der Waals surface area contributed by atoms with Gasteiger partial charge in [-0.15, -0.1) is 0 Å². The summed E-state index contributed by atoms with van der Waals surface area (Å²) in [6.07, 6.45) is -1.12. The van der Waals surface area contributed by atoms with Crippen molar-refractivity contribution in [3.8, 4) is 11.4 Å². The first-order valence-corrected chi connectivity index (χ1v) is 6.74. The second-order valence-electron chi connectivity index (χ2n) is 4.76. The van der Waals surface area contributed by atoms with Crippen LogP contribution in [0.5, 0.6) is 0 Å². The summed E-state index contributed by atoms with van der Waals surface area (Å²) in [4.78, 5) is 14.3. The Morgan fingerprint density at radius 3 is 2.57 bits per heavy atom. The SMILES string of the molecule is FC(F)(F)c1cncnc1NCc1cnc(-c2ccccc2)[nH]1. The van der Waals surface area contributed by atoms with E-state index < -0.39 is 11.7 Å². The highest BCUT2D eigenvalue weighted by atomic mass is 19.4. The highest BCUT2D eigenvalue weighted by Crippen LogP contribution is 2.32. The first-order valence-electron chi connectivity index (χ1n) is 6.74. The molecule has 1 aromatic carbocycles. The third-order valence-electron chi connectivity index (χ3n) is 3.14. The van der Waals surface area contributed by atoms with Crippen LogP contribution in [-0.2, 0) is 12.7 Å². The summed E-state index contributed by atoms with van der Waals surface area (Å²) in [6.45, 7) is 0.139. The van der Waals surface area contributed by atoms with Crippen LogP contribution in [0.15, 0.2) is 49.1 Å². The number of aromatic amines is 1. The van der Waals surface area contributed by atoms with Crippen LogP contribution in [0.2, 0.25) is 0 Å². The second-order valence-corrected chi connectivity index (χ2v) is 4.76. The van der Waals surface area contributed by atoms with Crippen LogP contribution in [0, 0.1) is 0 Å². The van der Waals surface area contributed by atoms with Crippen molar-refractivity contribution in [2.24, 2.45) is 0 Å². The Labute approximate surface area is 129 Å². The van der Waals surface area contributed by atoms with Crippen LogP contribution in [0.25, 0.3) is 11.4 Å². The molecule has 0 aliphatic rings. The van der Waals surface area contributed by atoms with Gasteiger partial charge in [0.1, 0.15) is 23.5 Å². The average Bonchev–Trinajstić information content (AvgIpc) is 3.02. The Kier molecular flexibility index (Phi) is 3.96. The van der Waals surface area contributed by atoms with Gasteiger partial charge in [0.05, 0.1) is 18.4 Å². The molecule has 2 aromatic heterocycles. The van der Waals surface area contributed by atoms with E-state index in [9.17, 15) is 13.2 Å². The monoisotopic (exact) mass is 319 g/mol. The largest absolute Gasteiger partial charge is 0.421 e. The Hall–Kier alpha value is -2.90. The third-order valence-corrected chi connectivity index (χ3v) is 3.14. The molecule has 0 radical (unpaired) electrons. The first-order chi connectivity index (χ1) is 11.0. The predicted molar refractivity (Wildman–Crippen MR) is 78.4 cm³/mol. The number of aromatic nitrogens is 4. The molecule has 2 N–H and O–H groups in total. The van der Waals surface area contributed by atoms with Crippen molar-refractivity contribution < 1.29 is 13.2 Å². The summed E-state index contributed by atoms with van der Waals surface area (Å²) in [5, 5.41) is 2.66. The molecule has 5 nitrogen and oxygen atoms in total. The smallest absolute Gasteiger partial charge is 0.364 e. The van der Waals surface area contributed by atoms with Gasteiger partial charge in [-0.1, -0.05) is 30.3 Å². The minimum atomic E-state index is -4.51. The van der Waals surface area contributed by atoms with Gasteiger partial charge in [0.2, 0.25) is 0 Å². The number of benzene rings is 1. The molecule has 0 bridgehead atoms. The summed E-state index contributed by atoms with van der Waals surface area (Å²) < 4.78 is 38.6. The van der Waals surface area contributed by atoms with Crippen molar-refractivity contribution >= 4 is 5.82 Å². The minimum absolute atomic E-state index is 0.139. The van der Waals surface area contributed by atoms with E-state index in [1.165, 1.54) is 0 Å². The molecule has 0 aliphatic heterocycles. The molecule has 0 saturated heterocycles. The van der Waals surface area contributed by atoms with Crippen LogP contribution in [0.1, 0.15) is 11.3 Å². The highest BCUT2D eigenvalue weighted by molar-refractivity contribution is 5.55. The summed E-state index contributed by atoms with van der Waals surface area (Å²) in [7, 11) is 0. The Bertz CT molecular complexity index is 783. The zero-order valence-electron chi connectivity index (χ0n) is 11.8. The van der Waals surface area contributed by atoms with Gasteiger partial charge in [-0.3, -0.25) is 0 Å². The molecule has 118 valence electrons. The molecular weight excluding hydrogens is 307 g/mol. The Morgan fingerprint density at radius 2 is 1.83 bits per heavy atom. The van der Waals surface area contributed by atoms with Crippen molar-refractivity contribution in [2.75, 3.05) is 5.32 Å². The van der Waals surface area contributed by atoms with E-state index in [1.807, 2.05) is 30.3 Å². The zero-order chi connectivity index (χ0) is 16.3. The number of imidazole rings is 1. The lowest BCUT2D eigenvalue weighted by Crippen LogP contribution is -2.13. The topological polar surface area (TPSA) is 66.5 Å². The number of H-pyrrole nitrogens is 1. The van der Waals surface area contributed by atoms with E-state index in [-0.39, 0.29) is 12.4 Å². The van der Waals surface area contributed by atoms with Gasteiger partial charge >= 0.3 is 6.18 Å². The quantitative estimate of drug-likeness (QED) is 0.772. The van der Waals surface area contributed by atoms with Gasteiger partial charge in [-0.25, -0.2) is 15.0 Å². The summed E-state index contributed by atoms with van der Waals surface area (Å²) in [6, 6.07) is 9.44. The maximum Gasteiger partial charge on any atom is 0.421 e. The lowest BCUT2D eigenvalue weighted by Gasteiger charge is -2.11. The second kappa shape index (κ2) is 6.07. The summed E-state index contributed by atoms with van der Waals surface area (Å²) in [5.74, 6) is 0.393. The van der Waals surface area contributed by atoms with Crippen LogP contribution in [0.4, 0.5) is 19.0 Å². The van der Waals surface area contributed by atoms with E-state index in [2.05, 4.69) is 25.3 Å². The summed E-state index contributed by atoms with van der Waals surface area (Å²) in [5.41, 5.74) is 0.648. The number of halogens is 3. The van der Waals surface area contributed by atoms with Gasteiger partial charge in [-0.05, 0) is 0 Å². The molecule has 0 amide bonds. The van der Waals surface area contributed by atoms with Crippen molar-refractivity contribution in [1.29, 1.82) is 0 Å². The molecule has 0 saturated carbocycles. The fourth-order valence-corrected chi connectivity index (χ4v) is 2.05. The van der Waals surface area contributed by atoms with E-state index in [4.69, 9.17) is 0 Å². The lowest BCUT2D eigenvalue weighted by atomic mass is 10.2. The zero-order valence-corrected chi connectivity index (χ0v) is 11.8. The van der Waals surface area contributed by atoms with Gasteiger partial charge in [0.25, 0.3) is 0 Å². The molecule has 0 spiro atoms. The predicted octanol–water partition coefficient (Wildman–Crippen LogP) is 3.50. The van der Waals surface area contributed by atoms with Crippen LogP contribution in [-0.4, -0.2) is 19.9 Å². The molecule has 3 rings (SSSR count). The van der Waals surface area contributed by atoms with Crippen molar-refractivity contribution in [3.05, 3.63) is 60.3 Å². The molecule has 8 heteroatoms. The Morgan fingerprint density at radius 1 is 1.04 bits per heavy atom. The highest BCUT2D eigenvalue weighted by Gasteiger charge is 2.34. The molecule has 2 heterocycles. The first kappa shape index (κ1) is 15.0. The fraction of sp³-hybridized carbons (Fsp3) is 0.133. The average molecular weight is 319 g/mol. The Balaban J connectivity index is 1.74. The molecule has 0 aliphatic carbocycles. The number of rotatable bonds is 4. The molecule has 0 atom stereocenters. The fourth-order valence-electron chi connectivity index (χ4n) is 2.05. The van der Waals surface area contributed by atoms with Crippen molar-refractivity contribution in [1.82, 2.24) is 19.9 Å². The van der Waals surface area contributed by atoms with E-state index in [1.54, 1.807) is 6.20 Å². The van der Waals surface area contributed by atoms with Gasteiger partial charge in [0.15, 0.2) is 0 Å². The molecule has 0 unspecified atom stereocenters. The number of nitrogens with one attached hydrogen (secondary N) is 2. The van der Waals surface area contributed by atoms with E-state index >= 15 is 0 Å². The number of alkyl halides is 3. The number of anilines is 1. The number of hydrogen-bond donors (Lipinski definition) is 2. The number of nitrogens with zero attached hydrogens (tertiary/aromatic N) is 3. The van der Waals surface area contributed by atoms with Crippen molar-refractivity contribution in [3.63, 3.8) is 0 Å². The van der Waals surface area contributed by atoms with Crippen LogP contribution < -0.4 is 5.32 Å². The van der Waals surface area contributed by atoms with Crippen LogP contribution in [0.3, 0.4) is 0 Å². The molecule has 23 heavy (non-hydrogen) atoms. The standard InChI is InChI=1S/C15H12F3N5/c16-15(17,18)12-8-19-9-22-14(12)21-7-11-6-20-13(23-11)10-4-2-1-3-5-10/h1-6,8-9H,7H2,(H,20,23)(H,19,21,22). The minimum Gasteiger partial charge on any atom is -0.364 e. The molecule has 0 fully saturated rings. The lowest BCUT2D eigenvalue weighted by molar-refractivity contribution is -0.137. The van der Waals surface area contributed by atoms with Gasteiger partial charge in [0, 0.05) is 11.8 Å². The van der Waals surface area contributed by atoms with E-state index in [0.29, 0.717) is 11.5 Å². The van der Waals surface area contributed by atoms with Crippen molar-refractivity contribution in [2.45, 2.75) is 12.7 Å². The van der Waals surface area contributed by atoms with E-state index in [0.717, 1.165) is 18.1 Å². The maximum atomic E-state index is 12.9. The summed E-state index contributed by atoms with van der Waals surface area (Å²) >= 11 is 0. The molecular formula is C15H12F3N5. The normalized spacial score (nSPS) is 11.4. The molecule has 3 aromatic rings. The number of hydrogen-bond acceptors (Lipinski definition) is 4.